The number of hydrogen-bond acceptors (Lipinski definition) is 3. The van der Waals surface area contributed by atoms with E-state index in [2.05, 4.69) is 33.0 Å². The molecule has 0 amide bonds. The highest BCUT2D eigenvalue weighted by Gasteiger charge is 2.02. The van der Waals surface area contributed by atoms with Crippen molar-refractivity contribution >= 4 is 27.3 Å². The molecule has 0 aliphatic carbocycles. The fourth-order valence-corrected chi connectivity index (χ4v) is 2.22. The number of hydrogen-bond donors (Lipinski definition) is 1. The monoisotopic (exact) mass is 268 g/mol. The van der Waals surface area contributed by atoms with Gasteiger partial charge in [0.1, 0.15) is 5.01 Å². The van der Waals surface area contributed by atoms with E-state index in [4.69, 9.17) is 5.73 Å². The summed E-state index contributed by atoms with van der Waals surface area (Å²) in [4.78, 5) is 5.38. The second kappa shape index (κ2) is 4.21. The average Bonchev–Trinajstić information content (AvgIpc) is 2.67. The summed E-state index contributed by atoms with van der Waals surface area (Å²) in [5.74, 6) is 0. The molecule has 0 spiro atoms. The molecule has 4 heteroatoms. The number of benzene rings is 1. The minimum absolute atomic E-state index is 0.515. The summed E-state index contributed by atoms with van der Waals surface area (Å²) in [7, 11) is 0. The summed E-state index contributed by atoms with van der Waals surface area (Å²) in [5, 5.41) is 0.975. The van der Waals surface area contributed by atoms with Crippen LogP contribution >= 0.6 is 27.3 Å². The van der Waals surface area contributed by atoms with Gasteiger partial charge in [-0.2, -0.15) is 0 Å². The Hall–Kier alpha value is -0.710. The molecule has 0 atom stereocenters. The Morgan fingerprint density at radius 1 is 1.29 bits per heavy atom. The van der Waals surface area contributed by atoms with Gasteiger partial charge in [0.05, 0.1) is 4.88 Å². The number of nitrogens with two attached hydrogens (primary N) is 1. The van der Waals surface area contributed by atoms with Crippen LogP contribution < -0.4 is 5.73 Å². The summed E-state index contributed by atoms with van der Waals surface area (Å²) in [5.41, 5.74) is 6.69. The topological polar surface area (TPSA) is 38.9 Å². The van der Waals surface area contributed by atoms with E-state index in [0.717, 1.165) is 14.4 Å². The SMILES string of the molecule is NCc1ncc(-c2ccc(Br)cc2)s1. The first-order chi connectivity index (χ1) is 6.79. The van der Waals surface area contributed by atoms with Crippen LogP contribution in [0.2, 0.25) is 0 Å². The lowest BCUT2D eigenvalue weighted by atomic mass is 10.2. The maximum atomic E-state index is 5.51. The molecular weight excluding hydrogens is 260 g/mol. The normalized spacial score (nSPS) is 10.4. The van der Waals surface area contributed by atoms with Crippen LogP contribution in [0.4, 0.5) is 0 Å². The van der Waals surface area contributed by atoms with Crippen molar-refractivity contribution < 1.29 is 0 Å². The molecule has 0 bridgehead atoms. The zero-order valence-corrected chi connectivity index (χ0v) is 9.81. The van der Waals surface area contributed by atoms with E-state index >= 15 is 0 Å². The third-order valence-electron chi connectivity index (χ3n) is 1.86. The molecule has 1 heterocycles. The molecule has 0 unspecified atom stereocenters. The first-order valence-electron chi connectivity index (χ1n) is 4.20. The molecule has 2 nitrogen and oxygen atoms in total. The highest BCUT2D eigenvalue weighted by molar-refractivity contribution is 9.10. The van der Waals surface area contributed by atoms with Crippen molar-refractivity contribution in [1.82, 2.24) is 4.98 Å². The van der Waals surface area contributed by atoms with Crippen LogP contribution in [0.5, 0.6) is 0 Å². The second-order valence-electron chi connectivity index (χ2n) is 2.83. The zero-order chi connectivity index (χ0) is 9.97. The van der Waals surface area contributed by atoms with Gasteiger partial charge < -0.3 is 5.73 Å². The van der Waals surface area contributed by atoms with E-state index in [0.29, 0.717) is 6.54 Å². The molecule has 2 N–H and O–H groups in total. The Morgan fingerprint density at radius 2 is 2.00 bits per heavy atom. The number of nitrogens with zero attached hydrogens (tertiary/aromatic N) is 1. The largest absolute Gasteiger partial charge is 0.325 e. The fourth-order valence-electron chi connectivity index (χ4n) is 1.15. The van der Waals surface area contributed by atoms with Crippen molar-refractivity contribution in [3.05, 3.63) is 39.9 Å². The molecule has 2 rings (SSSR count). The van der Waals surface area contributed by atoms with E-state index in [1.54, 1.807) is 11.3 Å². The van der Waals surface area contributed by atoms with Crippen LogP contribution in [0, 0.1) is 0 Å². The van der Waals surface area contributed by atoms with E-state index in [1.165, 1.54) is 5.56 Å². The van der Waals surface area contributed by atoms with Gasteiger partial charge in [-0.1, -0.05) is 28.1 Å². The maximum absolute atomic E-state index is 5.51. The Morgan fingerprint density at radius 3 is 2.57 bits per heavy atom. The highest BCUT2D eigenvalue weighted by atomic mass is 79.9. The van der Waals surface area contributed by atoms with Gasteiger partial charge in [-0.3, -0.25) is 0 Å². The Balaban J connectivity index is 2.34. The van der Waals surface area contributed by atoms with Crippen molar-refractivity contribution in [2.45, 2.75) is 6.54 Å². The van der Waals surface area contributed by atoms with Gasteiger partial charge in [-0.15, -0.1) is 11.3 Å². The smallest absolute Gasteiger partial charge is 0.107 e. The van der Waals surface area contributed by atoms with Gasteiger partial charge in [0, 0.05) is 17.2 Å². The molecule has 1 aromatic heterocycles. The van der Waals surface area contributed by atoms with Crippen LogP contribution in [0.3, 0.4) is 0 Å². The molecule has 2 aromatic rings. The van der Waals surface area contributed by atoms with Gasteiger partial charge in [-0.25, -0.2) is 4.98 Å². The lowest BCUT2D eigenvalue weighted by Gasteiger charge is -1.95. The predicted molar refractivity (Wildman–Crippen MR) is 63.1 cm³/mol. The molecule has 0 saturated heterocycles. The maximum Gasteiger partial charge on any atom is 0.107 e. The van der Waals surface area contributed by atoms with Crippen molar-refractivity contribution in [2.75, 3.05) is 0 Å². The number of halogens is 1. The van der Waals surface area contributed by atoms with Gasteiger partial charge in [-0.05, 0) is 17.7 Å². The summed E-state index contributed by atoms with van der Waals surface area (Å²) >= 11 is 5.05. The van der Waals surface area contributed by atoms with E-state index in [-0.39, 0.29) is 0 Å². The van der Waals surface area contributed by atoms with Crippen LogP contribution in [-0.2, 0) is 6.54 Å². The predicted octanol–water partition coefficient (Wildman–Crippen LogP) is 3.03. The van der Waals surface area contributed by atoms with Gasteiger partial charge in [0.25, 0.3) is 0 Å². The molecule has 0 fully saturated rings. The molecule has 0 aliphatic rings. The third-order valence-corrected chi connectivity index (χ3v) is 3.45. The van der Waals surface area contributed by atoms with E-state index in [9.17, 15) is 0 Å². The summed E-state index contributed by atoms with van der Waals surface area (Å²) in [6.45, 7) is 0.515. The Labute approximate surface area is 94.9 Å². The first-order valence-corrected chi connectivity index (χ1v) is 5.81. The quantitative estimate of drug-likeness (QED) is 0.910. The average molecular weight is 269 g/mol. The third kappa shape index (κ3) is 2.03. The lowest BCUT2D eigenvalue weighted by molar-refractivity contribution is 1.04. The van der Waals surface area contributed by atoms with Gasteiger partial charge >= 0.3 is 0 Å². The summed E-state index contributed by atoms with van der Waals surface area (Å²) in [6.07, 6.45) is 1.87. The summed E-state index contributed by atoms with van der Waals surface area (Å²) in [6, 6.07) is 8.18. The highest BCUT2D eigenvalue weighted by Crippen LogP contribution is 2.26. The molecule has 1 aromatic carbocycles. The molecule has 0 aliphatic heterocycles. The second-order valence-corrected chi connectivity index (χ2v) is 4.86. The summed E-state index contributed by atoms with van der Waals surface area (Å²) < 4.78 is 1.09. The van der Waals surface area contributed by atoms with Crippen LogP contribution in [0.1, 0.15) is 5.01 Å². The van der Waals surface area contributed by atoms with E-state index in [1.807, 2.05) is 18.3 Å². The van der Waals surface area contributed by atoms with Crippen molar-refractivity contribution in [2.24, 2.45) is 5.73 Å². The Bertz CT molecular complexity index is 422. The minimum Gasteiger partial charge on any atom is -0.325 e. The number of aromatic nitrogens is 1. The van der Waals surface area contributed by atoms with Crippen molar-refractivity contribution in [1.29, 1.82) is 0 Å². The molecule has 72 valence electrons. The van der Waals surface area contributed by atoms with E-state index < -0.39 is 0 Å². The number of thiazole rings is 1. The van der Waals surface area contributed by atoms with Crippen LogP contribution in [-0.4, -0.2) is 4.98 Å². The molecular formula is C10H9BrN2S. The van der Waals surface area contributed by atoms with Gasteiger partial charge in [0.2, 0.25) is 0 Å². The molecule has 14 heavy (non-hydrogen) atoms. The van der Waals surface area contributed by atoms with Crippen LogP contribution in [0.15, 0.2) is 34.9 Å². The fraction of sp³-hybridized carbons (Fsp3) is 0.100. The lowest BCUT2D eigenvalue weighted by Crippen LogP contribution is -1.93. The molecule has 0 saturated carbocycles. The Kier molecular flexibility index (Phi) is 2.96. The van der Waals surface area contributed by atoms with Gasteiger partial charge in [0.15, 0.2) is 0 Å². The van der Waals surface area contributed by atoms with Crippen molar-refractivity contribution in [3.63, 3.8) is 0 Å². The van der Waals surface area contributed by atoms with Crippen LogP contribution in [0.25, 0.3) is 10.4 Å². The molecule has 0 radical (unpaired) electrons. The minimum atomic E-state index is 0.515. The number of rotatable bonds is 2. The first kappa shape index (κ1) is 9.83. The zero-order valence-electron chi connectivity index (χ0n) is 7.40. The van der Waals surface area contributed by atoms with Crippen molar-refractivity contribution in [3.8, 4) is 10.4 Å². The standard InChI is InChI=1S/C10H9BrN2S/c11-8-3-1-7(2-4-8)9-6-13-10(5-12)14-9/h1-4,6H,5,12H2.